The zero-order valence-electron chi connectivity index (χ0n) is 13.8. The van der Waals surface area contributed by atoms with Crippen molar-refractivity contribution in [2.75, 3.05) is 31.6 Å². The highest BCUT2D eigenvalue weighted by atomic mass is 16.6. The number of nitro groups is 1. The largest absolute Gasteiger partial charge is 0.480 e. The van der Waals surface area contributed by atoms with Crippen molar-refractivity contribution >= 4 is 23.3 Å². The molecule has 1 saturated heterocycles. The lowest BCUT2D eigenvalue weighted by Gasteiger charge is -2.31. The SMILES string of the molecule is CC1CCN(c2ccc(C(=O)N(C)CC(=O)O)cc2[N+](=O)[O-])CC1. The highest BCUT2D eigenvalue weighted by Gasteiger charge is 2.25. The van der Waals surface area contributed by atoms with Gasteiger partial charge in [0.15, 0.2) is 0 Å². The Bertz CT molecular complexity index is 653. The summed E-state index contributed by atoms with van der Waals surface area (Å²) in [5, 5.41) is 20.2. The Morgan fingerprint density at radius 1 is 1.38 bits per heavy atom. The third-order valence-electron chi connectivity index (χ3n) is 4.26. The summed E-state index contributed by atoms with van der Waals surface area (Å²) in [4.78, 5) is 36.8. The molecule has 24 heavy (non-hydrogen) atoms. The van der Waals surface area contributed by atoms with Crippen LogP contribution in [-0.2, 0) is 4.79 Å². The summed E-state index contributed by atoms with van der Waals surface area (Å²) in [6, 6.07) is 4.32. The number of likely N-dealkylation sites (N-methyl/N-ethyl adjacent to an activating group) is 1. The number of carboxylic acid groups (broad SMARTS) is 1. The molecular formula is C16H21N3O5. The number of hydrogen-bond donors (Lipinski definition) is 1. The molecule has 1 N–H and O–H groups in total. The van der Waals surface area contributed by atoms with Crippen LogP contribution in [0.2, 0.25) is 0 Å². The van der Waals surface area contributed by atoms with Crippen LogP contribution in [-0.4, -0.2) is 53.5 Å². The Hall–Kier alpha value is -2.64. The summed E-state index contributed by atoms with van der Waals surface area (Å²) in [5.41, 5.74) is 0.489. The average Bonchev–Trinajstić information content (AvgIpc) is 2.53. The number of piperidine rings is 1. The maximum atomic E-state index is 12.2. The number of carbonyl (C=O) groups excluding carboxylic acids is 1. The second kappa shape index (κ2) is 7.29. The highest BCUT2D eigenvalue weighted by Crippen LogP contribution is 2.32. The molecular weight excluding hydrogens is 314 g/mol. The molecule has 8 heteroatoms. The van der Waals surface area contributed by atoms with E-state index in [4.69, 9.17) is 5.11 Å². The molecule has 1 aromatic carbocycles. The van der Waals surface area contributed by atoms with Gasteiger partial charge in [-0.05, 0) is 30.9 Å². The van der Waals surface area contributed by atoms with Crippen LogP contribution in [0.1, 0.15) is 30.1 Å². The molecule has 8 nitrogen and oxygen atoms in total. The number of carbonyl (C=O) groups is 2. The number of amides is 1. The van der Waals surface area contributed by atoms with E-state index < -0.39 is 23.3 Å². The van der Waals surface area contributed by atoms with Crippen molar-refractivity contribution in [1.29, 1.82) is 0 Å². The van der Waals surface area contributed by atoms with Gasteiger partial charge in [-0.15, -0.1) is 0 Å². The molecule has 0 spiro atoms. The van der Waals surface area contributed by atoms with Gasteiger partial charge >= 0.3 is 5.97 Å². The zero-order valence-corrected chi connectivity index (χ0v) is 13.8. The second-order valence-electron chi connectivity index (χ2n) is 6.19. The number of hydrogen-bond acceptors (Lipinski definition) is 5. The van der Waals surface area contributed by atoms with Crippen molar-refractivity contribution in [1.82, 2.24) is 4.90 Å². The molecule has 1 aromatic rings. The molecule has 0 atom stereocenters. The fourth-order valence-electron chi connectivity index (χ4n) is 2.81. The van der Waals surface area contributed by atoms with Crippen LogP contribution in [0, 0.1) is 16.0 Å². The first-order chi connectivity index (χ1) is 11.3. The molecule has 130 valence electrons. The topological polar surface area (TPSA) is 104 Å². The molecule has 0 aliphatic carbocycles. The fraction of sp³-hybridized carbons (Fsp3) is 0.500. The molecule has 1 aliphatic heterocycles. The van der Waals surface area contributed by atoms with E-state index in [0.29, 0.717) is 11.6 Å². The third-order valence-corrected chi connectivity index (χ3v) is 4.26. The number of rotatable bonds is 5. The first kappa shape index (κ1) is 17.7. The normalized spacial score (nSPS) is 15.2. The van der Waals surface area contributed by atoms with Gasteiger partial charge in [0.25, 0.3) is 11.6 Å². The summed E-state index contributed by atoms with van der Waals surface area (Å²) in [6.45, 7) is 3.19. The first-order valence-corrected chi connectivity index (χ1v) is 7.80. The van der Waals surface area contributed by atoms with E-state index >= 15 is 0 Å². The van der Waals surface area contributed by atoms with Gasteiger partial charge in [-0.3, -0.25) is 19.7 Å². The van der Waals surface area contributed by atoms with Crippen LogP contribution in [0.4, 0.5) is 11.4 Å². The summed E-state index contributed by atoms with van der Waals surface area (Å²) in [5.74, 6) is -1.09. The van der Waals surface area contributed by atoms with Gasteiger partial charge in [0.2, 0.25) is 0 Å². The molecule has 1 fully saturated rings. The van der Waals surface area contributed by atoms with E-state index in [9.17, 15) is 19.7 Å². The number of nitrogens with zero attached hydrogens (tertiary/aromatic N) is 3. The number of anilines is 1. The molecule has 0 bridgehead atoms. The van der Waals surface area contributed by atoms with Crippen LogP contribution in [0.5, 0.6) is 0 Å². The Balaban J connectivity index is 2.28. The average molecular weight is 335 g/mol. The van der Waals surface area contributed by atoms with Crippen molar-refractivity contribution in [3.05, 3.63) is 33.9 Å². The van der Waals surface area contributed by atoms with Gasteiger partial charge in [0.05, 0.1) is 4.92 Å². The molecule has 1 amide bonds. The lowest BCUT2D eigenvalue weighted by Crippen LogP contribution is -2.34. The van der Waals surface area contributed by atoms with Crippen molar-refractivity contribution in [2.45, 2.75) is 19.8 Å². The molecule has 0 radical (unpaired) electrons. The monoisotopic (exact) mass is 335 g/mol. The van der Waals surface area contributed by atoms with Crippen LogP contribution in [0.25, 0.3) is 0 Å². The van der Waals surface area contributed by atoms with Crippen LogP contribution < -0.4 is 4.90 Å². The van der Waals surface area contributed by atoms with Gasteiger partial charge in [0.1, 0.15) is 12.2 Å². The predicted octanol–water partition coefficient (Wildman–Crippen LogP) is 1.99. The summed E-state index contributed by atoms with van der Waals surface area (Å²) in [6.07, 6.45) is 1.94. The van der Waals surface area contributed by atoms with Crippen molar-refractivity contribution in [3.63, 3.8) is 0 Å². The Kier molecular flexibility index (Phi) is 5.38. The van der Waals surface area contributed by atoms with Crippen molar-refractivity contribution < 1.29 is 19.6 Å². The molecule has 2 rings (SSSR count). The minimum absolute atomic E-state index is 0.111. The molecule has 1 heterocycles. The number of nitro benzene ring substituents is 1. The van der Waals surface area contributed by atoms with Crippen molar-refractivity contribution in [3.8, 4) is 0 Å². The lowest BCUT2D eigenvalue weighted by molar-refractivity contribution is -0.384. The van der Waals surface area contributed by atoms with Gasteiger partial charge in [0, 0.05) is 31.8 Å². The summed E-state index contributed by atoms with van der Waals surface area (Å²) in [7, 11) is 1.35. The quantitative estimate of drug-likeness (QED) is 0.652. The highest BCUT2D eigenvalue weighted by molar-refractivity contribution is 5.97. The maximum absolute atomic E-state index is 12.2. The fourth-order valence-corrected chi connectivity index (χ4v) is 2.81. The van der Waals surface area contributed by atoms with Crippen LogP contribution >= 0.6 is 0 Å². The van der Waals surface area contributed by atoms with Gasteiger partial charge in [-0.2, -0.15) is 0 Å². The van der Waals surface area contributed by atoms with E-state index in [2.05, 4.69) is 6.92 Å². The van der Waals surface area contributed by atoms with Crippen molar-refractivity contribution in [2.24, 2.45) is 5.92 Å². The van der Waals surface area contributed by atoms with Gasteiger partial charge in [-0.1, -0.05) is 6.92 Å². The number of aliphatic carboxylic acids is 1. The number of carboxylic acids is 1. The van der Waals surface area contributed by atoms with E-state index in [1.54, 1.807) is 6.07 Å². The Morgan fingerprint density at radius 3 is 2.54 bits per heavy atom. The minimum atomic E-state index is -1.14. The maximum Gasteiger partial charge on any atom is 0.323 e. The van der Waals surface area contributed by atoms with Crippen LogP contribution in [0.15, 0.2) is 18.2 Å². The zero-order chi connectivity index (χ0) is 17.9. The molecule has 1 aliphatic rings. The molecule has 0 saturated carbocycles. The first-order valence-electron chi connectivity index (χ1n) is 7.80. The second-order valence-corrected chi connectivity index (χ2v) is 6.19. The molecule has 0 unspecified atom stereocenters. The lowest BCUT2D eigenvalue weighted by atomic mass is 9.98. The Labute approximate surface area is 139 Å². The summed E-state index contributed by atoms with van der Waals surface area (Å²) >= 11 is 0. The molecule has 0 aromatic heterocycles. The van der Waals surface area contributed by atoms with Gasteiger partial charge < -0.3 is 14.9 Å². The van der Waals surface area contributed by atoms with E-state index in [1.807, 2.05) is 4.90 Å². The standard InChI is InChI=1S/C16H21N3O5/c1-11-5-7-18(8-6-11)13-4-3-12(9-14(13)19(23)24)16(22)17(2)10-15(20)21/h3-4,9,11H,5-8,10H2,1-2H3,(H,20,21). The third kappa shape index (κ3) is 4.01. The number of benzene rings is 1. The smallest absolute Gasteiger partial charge is 0.323 e. The summed E-state index contributed by atoms with van der Waals surface area (Å²) < 4.78 is 0. The predicted molar refractivity (Wildman–Crippen MR) is 88.3 cm³/mol. The van der Waals surface area contributed by atoms with E-state index in [-0.39, 0.29) is 11.3 Å². The van der Waals surface area contributed by atoms with Gasteiger partial charge in [-0.25, -0.2) is 0 Å². The van der Waals surface area contributed by atoms with E-state index in [1.165, 1.54) is 19.2 Å². The van der Waals surface area contributed by atoms with E-state index in [0.717, 1.165) is 30.8 Å². The van der Waals surface area contributed by atoms with Crippen LogP contribution in [0.3, 0.4) is 0 Å². The minimum Gasteiger partial charge on any atom is -0.480 e. The Morgan fingerprint density at radius 2 is 2.00 bits per heavy atom.